The number of nitrogens with one attached hydrogen (secondary N) is 1. The zero-order valence-corrected chi connectivity index (χ0v) is 13.2. The molecule has 5 nitrogen and oxygen atoms in total. The van der Waals surface area contributed by atoms with Crippen LogP contribution in [0.15, 0.2) is 53.6 Å². The van der Waals surface area contributed by atoms with Crippen molar-refractivity contribution < 1.29 is 4.79 Å². The van der Waals surface area contributed by atoms with Gasteiger partial charge in [0, 0.05) is 35.9 Å². The largest absolute Gasteiger partial charge is 0.355 e. The molecule has 0 radical (unpaired) electrons. The van der Waals surface area contributed by atoms with Gasteiger partial charge in [0.15, 0.2) is 0 Å². The monoisotopic (exact) mass is 327 g/mol. The molecule has 1 N–H and O–H groups in total. The van der Waals surface area contributed by atoms with E-state index >= 15 is 0 Å². The summed E-state index contributed by atoms with van der Waals surface area (Å²) < 4.78 is 1.49. The van der Waals surface area contributed by atoms with Gasteiger partial charge < -0.3 is 9.88 Å². The molecule has 3 rings (SSSR count). The molecular weight excluding hydrogens is 314 g/mol. The fraction of sp³-hybridized carbons (Fsp3) is 0.118. The molecule has 2 aromatic heterocycles. The highest BCUT2D eigenvalue weighted by Crippen LogP contribution is 2.25. The van der Waals surface area contributed by atoms with Gasteiger partial charge in [0.05, 0.1) is 17.6 Å². The van der Waals surface area contributed by atoms with Gasteiger partial charge in [-0.15, -0.1) is 0 Å². The summed E-state index contributed by atoms with van der Waals surface area (Å²) in [5.41, 5.74) is 1.86. The number of amides is 1. The molecule has 0 saturated carbocycles. The molecule has 0 aliphatic carbocycles. The van der Waals surface area contributed by atoms with E-state index in [-0.39, 0.29) is 11.5 Å². The Balaban J connectivity index is 2.08. The predicted octanol–water partition coefficient (Wildman–Crippen LogP) is 2.46. The van der Waals surface area contributed by atoms with E-state index in [1.807, 2.05) is 18.2 Å². The number of halogens is 1. The summed E-state index contributed by atoms with van der Waals surface area (Å²) in [5.74, 6) is -0.238. The van der Waals surface area contributed by atoms with E-state index < -0.39 is 0 Å². The zero-order chi connectivity index (χ0) is 16.4. The molecule has 0 saturated heterocycles. The lowest BCUT2D eigenvalue weighted by atomic mass is 10.1. The minimum atomic E-state index is -0.238. The standard InChI is InChI=1S/C17H14ClN3O2/c1-19-17(23)12-5-7-15(22)21(10-12)9-11-4-6-14(18)13-3-2-8-20-16(11)13/h2-8,10H,9H2,1H3,(H,19,23). The van der Waals surface area contributed by atoms with E-state index in [0.717, 1.165) is 16.5 Å². The third-order valence-electron chi connectivity index (χ3n) is 3.61. The van der Waals surface area contributed by atoms with E-state index in [1.54, 1.807) is 25.5 Å². The minimum absolute atomic E-state index is 0.184. The number of nitrogens with zero attached hydrogens (tertiary/aromatic N) is 2. The van der Waals surface area contributed by atoms with Gasteiger partial charge in [-0.05, 0) is 29.8 Å². The molecule has 0 atom stereocenters. The summed E-state index contributed by atoms with van der Waals surface area (Å²) in [6.07, 6.45) is 3.23. The van der Waals surface area contributed by atoms with Gasteiger partial charge in [0.25, 0.3) is 11.5 Å². The number of hydrogen-bond donors (Lipinski definition) is 1. The number of aromatic nitrogens is 2. The molecule has 1 aromatic carbocycles. The first-order valence-electron chi connectivity index (χ1n) is 7.05. The Labute approximate surface area is 137 Å². The fourth-order valence-electron chi connectivity index (χ4n) is 2.44. The highest BCUT2D eigenvalue weighted by molar-refractivity contribution is 6.35. The zero-order valence-electron chi connectivity index (χ0n) is 12.4. The maximum Gasteiger partial charge on any atom is 0.252 e. The van der Waals surface area contributed by atoms with Crippen LogP contribution < -0.4 is 10.9 Å². The van der Waals surface area contributed by atoms with Crippen LogP contribution in [0.3, 0.4) is 0 Å². The van der Waals surface area contributed by atoms with Crippen molar-refractivity contribution in [2.45, 2.75) is 6.54 Å². The number of carbonyl (C=O) groups excluding carboxylic acids is 1. The molecule has 0 spiro atoms. The molecule has 2 heterocycles. The topological polar surface area (TPSA) is 64.0 Å². The predicted molar refractivity (Wildman–Crippen MR) is 89.9 cm³/mol. The Morgan fingerprint density at radius 1 is 1.26 bits per heavy atom. The Kier molecular flexibility index (Phi) is 4.12. The lowest BCUT2D eigenvalue weighted by Gasteiger charge is -2.10. The van der Waals surface area contributed by atoms with Gasteiger partial charge in [0.2, 0.25) is 0 Å². The maximum absolute atomic E-state index is 12.1. The lowest BCUT2D eigenvalue weighted by Crippen LogP contribution is -2.24. The number of hydrogen-bond acceptors (Lipinski definition) is 3. The molecule has 0 unspecified atom stereocenters. The molecule has 1 amide bonds. The third kappa shape index (κ3) is 2.96. The van der Waals surface area contributed by atoms with Crippen LogP contribution in [0.1, 0.15) is 15.9 Å². The number of fused-ring (bicyclic) bond motifs is 1. The molecule has 0 aliphatic rings. The average Bonchev–Trinajstić information content (AvgIpc) is 2.58. The Hall–Kier alpha value is -2.66. The molecular formula is C17H14ClN3O2. The maximum atomic E-state index is 12.1. The summed E-state index contributed by atoms with van der Waals surface area (Å²) in [4.78, 5) is 28.2. The SMILES string of the molecule is CNC(=O)c1ccc(=O)n(Cc2ccc(Cl)c3cccnc23)c1. The summed E-state index contributed by atoms with van der Waals surface area (Å²) in [6, 6.07) is 10.2. The quantitative estimate of drug-likeness (QED) is 0.803. The summed E-state index contributed by atoms with van der Waals surface area (Å²) >= 11 is 6.19. The smallest absolute Gasteiger partial charge is 0.252 e. The minimum Gasteiger partial charge on any atom is -0.355 e. The van der Waals surface area contributed by atoms with Crippen LogP contribution in [0.4, 0.5) is 0 Å². The van der Waals surface area contributed by atoms with Gasteiger partial charge in [-0.25, -0.2) is 0 Å². The normalized spacial score (nSPS) is 10.7. The molecule has 0 aliphatic heterocycles. The average molecular weight is 328 g/mol. The highest BCUT2D eigenvalue weighted by Gasteiger charge is 2.09. The van der Waals surface area contributed by atoms with Crippen LogP contribution in [0.2, 0.25) is 5.02 Å². The van der Waals surface area contributed by atoms with Gasteiger partial charge in [0.1, 0.15) is 0 Å². The highest BCUT2D eigenvalue weighted by atomic mass is 35.5. The van der Waals surface area contributed by atoms with Crippen molar-refractivity contribution in [1.29, 1.82) is 0 Å². The first kappa shape index (κ1) is 15.2. The molecule has 3 aromatic rings. The Morgan fingerprint density at radius 2 is 2.09 bits per heavy atom. The van der Waals surface area contributed by atoms with Crippen LogP contribution in [0, 0.1) is 0 Å². The van der Waals surface area contributed by atoms with Crippen LogP contribution in [-0.2, 0) is 6.54 Å². The van der Waals surface area contributed by atoms with E-state index in [0.29, 0.717) is 17.1 Å². The molecule has 6 heteroatoms. The van der Waals surface area contributed by atoms with Crippen LogP contribution in [0.25, 0.3) is 10.9 Å². The fourth-order valence-corrected chi connectivity index (χ4v) is 2.66. The second kappa shape index (κ2) is 6.22. The third-order valence-corrected chi connectivity index (χ3v) is 3.94. The first-order valence-corrected chi connectivity index (χ1v) is 7.42. The lowest BCUT2D eigenvalue weighted by molar-refractivity contribution is 0.0962. The van der Waals surface area contributed by atoms with Crippen molar-refractivity contribution in [3.8, 4) is 0 Å². The van der Waals surface area contributed by atoms with E-state index in [1.165, 1.54) is 16.7 Å². The van der Waals surface area contributed by atoms with Gasteiger partial charge in [-0.2, -0.15) is 0 Å². The van der Waals surface area contributed by atoms with Crippen LogP contribution in [0.5, 0.6) is 0 Å². The van der Waals surface area contributed by atoms with Crippen molar-refractivity contribution in [2.24, 2.45) is 0 Å². The molecule has 0 fully saturated rings. The van der Waals surface area contributed by atoms with Crippen molar-refractivity contribution in [3.05, 3.63) is 75.3 Å². The van der Waals surface area contributed by atoms with Crippen LogP contribution in [-0.4, -0.2) is 22.5 Å². The molecule has 0 bridgehead atoms. The van der Waals surface area contributed by atoms with E-state index in [4.69, 9.17) is 11.6 Å². The van der Waals surface area contributed by atoms with Gasteiger partial charge in [-0.1, -0.05) is 17.7 Å². The number of rotatable bonds is 3. The number of benzene rings is 1. The molecule has 116 valence electrons. The van der Waals surface area contributed by atoms with E-state index in [2.05, 4.69) is 10.3 Å². The van der Waals surface area contributed by atoms with Gasteiger partial charge in [-0.3, -0.25) is 14.6 Å². The second-order valence-electron chi connectivity index (χ2n) is 5.07. The Morgan fingerprint density at radius 3 is 2.87 bits per heavy atom. The summed E-state index contributed by atoms with van der Waals surface area (Å²) in [6.45, 7) is 0.314. The van der Waals surface area contributed by atoms with Crippen molar-refractivity contribution >= 4 is 28.4 Å². The Bertz CT molecular complexity index is 950. The second-order valence-corrected chi connectivity index (χ2v) is 5.48. The summed E-state index contributed by atoms with van der Waals surface area (Å²) in [7, 11) is 1.55. The number of carbonyl (C=O) groups is 1. The van der Waals surface area contributed by atoms with Crippen molar-refractivity contribution in [1.82, 2.24) is 14.9 Å². The van der Waals surface area contributed by atoms with E-state index in [9.17, 15) is 9.59 Å². The van der Waals surface area contributed by atoms with Crippen molar-refractivity contribution in [3.63, 3.8) is 0 Å². The molecule has 23 heavy (non-hydrogen) atoms. The van der Waals surface area contributed by atoms with Crippen LogP contribution >= 0.6 is 11.6 Å². The van der Waals surface area contributed by atoms with Gasteiger partial charge >= 0.3 is 0 Å². The number of pyridine rings is 2. The van der Waals surface area contributed by atoms with Crippen molar-refractivity contribution in [2.75, 3.05) is 7.05 Å². The summed E-state index contributed by atoms with van der Waals surface area (Å²) in [5, 5.41) is 3.99. The first-order chi connectivity index (χ1) is 11.1.